The molecule has 0 amide bonds. The van der Waals surface area contributed by atoms with Gasteiger partial charge in [-0.2, -0.15) is 10.4 Å². The Balaban J connectivity index is 2.48. The van der Waals surface area contributed by atoms with Crippen LogP contribution in [0, 0.1) is 18.3 Å². The number of nitrogens with zero attached hydrogens (tertiary/aromatic N) is 4. The van der Waals surface area contributed by atoms with Gasteiger partial charge in [-0.15, -0.1) is 0 Å². The number of hydrogen-bond acceptors (Lipinski definition) is 4. The van der Waals surface area contributed by atoms with Crippen molar-refractivity contribution < 1.29 is 0 Å². The number of hydrogen-bond donors (Lipinski definition) is 1. The van der Waals surface area contributed by atoms with Crippen LogP contribution in [0.15, 0.2) is 30.3 Å². The SMILES string of the molecule is CCCn1nc(C)c(N)c1N(CCC#N)c1ccccc1. The number of rotatable bonds is 6. The Labute approximate surface area is 125 Å². The Morgan fingerprint density at radius 3 is 2.67 bits per heavy atom. The summed E-state index contributed by atoms with van der Waals surface area (Å²) in [6.45, 7) is 5.43. The molecule has 5 nitrogen and oxygen atoms in total. The number of aromatic nitrogens is 2. The van der Waals surface area contributed by atoms with Crippen LogP contribution in [0.4, 0.5) is 17.2 Å². The first-order valence-corrected chi connectivity index (χ1v) is 7.21. The molecule has 0 aliphatic rings. The van der Waals surface area contributed by atoms with E-state index in [4.69, 9.17) is 11.0 Å². The van der Waals surface area contributed by atoms with E-state index in [2.05, 4.69) is 23.0 Å². The summed E-state index contributed by atoms with van der Waals surface area (Å²) < 4.78 is 1.94. The minimum Gasteiger partial charge on any atom is -0.394 e. The van der Waals surface area contributed by atoms with Crippen LogP contribution in [0.5, 0.6) is 0 Å². The summed E-state index contributed by atoms with van der Waals surface area (Å²) in [5.41, 5.74) is 8.78. The summed E-state index contributed by atoms with van der Waals surface area (Å²) in [5.74, 6) is 0.885. The van der Waals surface area contributed by atoms with Crippen LogP contribution in [-0.2, 0) is 6.54 Å². The van der Waals surface area contributed by atoms with Gasteiger partial charge in [0, 0.05) is 18.8 Å². The van der Waals surface area contributed by atoms with Crippen molar-refractivity contribution in [1.29, 1.82) is 5.26 Å². The lowest BCUT2D eigenvalue weighted by Gasteiger charge is -2.25. The maximum atomic E-state index is 8.93. The van der Waals surface area contributed by atoms with Crippen molar-refractivity contribution in [1.82, 2.24) is 9.78 Å². The fourth-order valence-electron chi connectivity index (χ4n) is 2.36. The highest BCUT2D eigenvalue weighted by Gasteiger charge is 2.20. The zero-order chi connectivity index (χ0) is 15.2. The number of aryl methyl sites for hydroxylation is 2. The van der Waals surface area contributed by atoms with Gasteiger partial charge in [0.05, 0.1) is 23.9 Å². The third kappa shape index (κ3) is 3.16. The fraction of sp³-hybridized carbons (Fsp3) is 0.375. The summed E-state index contributed by atoms with van der Waals surface area (Å²) in [6, 6.07) is 12.2. The molecule has 110 valence electrons. The second-order valence-electron chi connectivity index (χ2n) is 4.94. The molecule has 0 atom stereocenters. The highest BCUT2D eigenvalue weighted by Crippen LogP contribution is 2.32. The van der Waals surface area contributed by atoms with Crippen LogP contribution >= 0.6 is 0 Å². The van der Waals surface area contributed by atoms with Gasteiger partial charge < -0.3 is 10.6 Å². The van der Waals surface area contributed by atoms with Gasteiger partial charge >= 0.3 is 0 Å². The van der Waals surface area contributed by atoms with Crippen LogP contribution in [-0.4, -0.2) is 16.3 Å². The zero-order valence-corrected chi connectivity index (χ0v) is 12.6. The molecule has 0 bridgehead atoms. The molecule has 1 heterocycles. The largest absolute Gasteiger partial charge is 0.394 e. The van der Waals surface area contributed by atoms with Crippen LogP contribution in [0.2, 0.25) is 0 Å². The van der Waals surface area contributed by atoms with Gasteiger partial charge in [0.25, 0.3) is 0 Å². The quantitative estimate of drug-likeness (QED) is 0.883. The third-order valence-corrected chi connectivity index (χ3v) is 3.35. The molecule has 21 heavy (non-hydrogen) atoms. The van der Waals surface area contributed by atoms with E-state index in [0.717, 1.165) is 30.2 Å². The Bertz CT molecular complexity index is 624. The van der Waals surface area contributed by atoms with E-state index in [1.54, 1.807) is 0 Å². The van der Waals surface area contributed by atoms with Crippen molar-refractivity contribution in [2.75, 3.05) is 17.2 Å². The lowest BCUT2D eigenvalue weighted by atomic mass is 10.2. The Hall–Kier alpha value is -2.48. The molecule has 2 N–H and O–H groups in total. The average molecular weight is 283 g/mol. The van der Waals surface area contributed by atoms with E-state index in [1.807, 2.05) is 41.9 Å². The van der Waals surface area contributed by atoms with Crippen molar-refractivity contribution in [2.24, 2.45) is 0 Å². The predicted octanol–water partition coefficient (Wildman–Crippen LogP) is 3.24. The molecule has 1 aromatic heterocycles. The Kier molecular flexibility index (Phi) is 4.83. The number of para-hydroxylation sites is 1. The van der Waals surface area contributed by atoms with Crippen molar-refractivity contribution >= 4 is 17.2 Å². The minimum absolute atomic E-state index is 0.435. The second-order valence-corrected chi connectivity index (χ2v) is 4.94. The van der Waals surface area contributed by atoms with Crippen molar-refractivity contribution in [3.05, 3.63) is 36.0 Å². The van der Waals surface area contributed by atoms with E-state index >= 15 is 0 Å². The first kappa shape index (κ1) is 14.9. The zero-order valence-electron chi connectivity index (χ0n) is 12.6. The van der Waals surface area contributed by atoms with Gasteiger partial charge in [-0.3, -0.25) is 0 Å². The summed E-state index contributed by atoms with van der Waals surface area (Å²) >= 11 is 0. The van der Waals surface area contributed by atoms with Crippen LogP contribution < -0.4 is 10.6 Å². The van der Waals surface area contributed by atoms with E-state index in [0.29, 0.717) is 18.7 Å². The highest BCUT2D eigenvalue weighted by molar-refractivity contribution is 5.73. The van der Waals surface area contributed by atoms with Crippen molar-refractivity contribution in [2.45, 2.75) is 33.2 Å². The molecular weight excluding hydrogens is 262 g/mol. The molecule has 0 spiro atoms. The van der Waals surface area contributed by atoms with Gasteiger partial charge in [-0.1, -0.05) is 25.1 Å². The molecule has 0 aliphatic carbocycles. The first-order chi connectivity index (χ1) is 10.2. The van der Waals surface area contributed by atoms with Gasteiger partial charge in [-0.05, 0) is 25.5 Å². The Morgan fingerprint density at radius 1 is 1.33 bits per heavy atom. The molecule has 2 rings (SSSR count). The topological polar surface area (TPSA) is 70.9 Å². The lowest BCUT2D eigenvalue weighted by molar-refractivity contribution is 0.595. The smallest absolute Gasteiger partial charge is 0.155 e. The fourth-order valence-corrected chi connectivity index (χ4v) is 2.36. The van der Waals surface area contributed by atoms with Crippen molar-refractivity contribution in [3.8, 4) is 6.07 Å². The van der Waals surface area contributed by atoms with Gasteiger partial charge in [-0.25, -0.2) is 4.68 Å². The molecule has 0 aliphatic heterocycles. The van der Waals surface area contributed by atoms with E-state index in [-0.39, 0.29) is 0 Å². The number of nitrogen functional groups attached to an aromatic ring is 1. The molecule has 0 radical (unpaired) electrons. The minimum atomic E-state index is 0.435. The third-order valence-electron chi connectivity index (χ3n) is 3.35. The van der Waals surface area contributed by atoms with Gasteiger partial charge in [0.15, 0.2) is 5.82 Å². The monoisotopic (exact) mass is 283 g/mol. The second kappa shape index (κ2) is 6.80. The number of anilines is 3. The van der Waals surface area contributed by atoms with Gasteiger partial charge in [0.2, 0.25) is 0 Å². The van der Waals surface area contributed by atoms with Crippen LogP contribution in [0.3, 0.4) is 0 Å². The maximum absolute atomic E-state index is 8.93. The molecule has 0 saturated carbocycles. The highest BCUT2D eigenvalue weighted by atomic mass is 15.4. The number of nitriles is 1. The summed E-state index contributed by atoms with van der Waals surface area (Å²) in [5, 5.41) is 13.4. The Morgan fingerprint density at radius 2 is 2.05 bits per heavy atom. The van der Waals surface area contributed by atoms with Crippen LogP contribution in [0.1, 0.15) is 25.5 Å². The molecule has 2 aromatic rings. The normalized spacial score (nSPS) is 10.3. The molecule has 0 saturated heterocycles. The molecular formula is C16H21N5. The summed E-state index contributed by atoms with van der Waals surface area (Å²) in [7, 11) is 0. The summed E-state index contributed by atoms with van der Waals surface area (Å²) in [4.78, 5) is 2.08. The van der Waals surface area contributed by atoms with Crippen LogP contribution in [0.25, 0.3) is 0 Å². The van der Waals surface area contributed by atoms with E-state index < -0.39 is 0 Å². The number of benzene rings is 1. The van der Waals surface area contributed by atoms with E-state index in [1.165, 1.54) is 0 Å². The molecule has 1 aromatic carbocycles. The lowest BCUT2D eigenvalue weighted by Crippen LogP contribution is -2.22. The summed E-state index contributed by atoms with van der Waals surface area (Å²) in [6.07, 6.45) is 1.42. The van der Waals surface area contributed by atoms with E-state index in [9.17, 15) is 0 Å². The number of nitrogens with two attached hydrogens (primary N) is 1. The molecule has 0 unspecified atom stereocenters. The maximum Gasteiger partial charge on any atom is 0.155 e. The average Bonchev–Trinajstić information content (AvgIpc) is 2.77. The first-order valence-electron chi connectivity index (χ1n) is 7.21. The molecule has 5 heteroatoms. The molecule has 0 fully saturated rings. The van der Waals surface area contributed by atoms with Gasteiger partial charge in [0.1, 0.15) is 0 Å². The standard InChI is InChI=1S/C16H21N5/c1-3-11-21-16(15(18)13(2)19-21)20(12-7-10-17)14-8-5-4-6-9-14/h4-6,8-9H,3,7,11-12,18H2,1-2H3. The predicted molar refractivity (Wildman–Crippen MR) is 85.3 cm³/mol. The van der Waals surface area contributed by atoms with Crippen molar-refractivity contribution in [3.63, 3.8) is 0 Å².